The van der Waals surface area contributed by atoms with Gasteiger partial charge in [0, 0.05) is 0 Å². The third kappa shape index (κ3) is 13.8. The number of carbonyl (C=O) groups is 2. The lowest BCUT2D eigenvalue weighted by Crippen LogP contribution is -2.48. The molecular formula is C61H88O6. The molecule has 2 N–H and O–H groups in total. The van der Waals surface area contributed by atoms with Gasteiger partial charge in [-0.25, -0.2) is 0 Å². The molecule has 0 aromatic heterocycles. The minimum atomic E-state index is -1.96. The van der Waals surface area contributed by atoms with Crippen molar-refractivity contribution in [2.45, 2.75) is 210 Å². The summed E-state index contributed by atoms with van der Waals surface area (Å²) in [6.07, 6.45) is 1.70. The zero-order valence-corrected chi connectivity index (χ0v) is 45.8. The summed E-state index contributed by atoms with van der Waals surface area (Å²) in [4.78, 5) is 31.4. The van der Waals surface area contributed by atoms with Gasteiger partial charge in [0.25, 0.3) is 0 Å². The van der Waals surface area contributed by atoms with Crippen molar-refractivity contribution in [3.05, 3.63) is 117 Å². The first-order chi connectivity index (χ1) is 30.1. The molecule has 0 saturated carbocycles. The molecule has 6 heteroatoms. The van der Waals surface area contributed by atoms with Crippen LogP contribution in [0.3, 0.4) is 0 Å². The SMILES string of the molecule is CC(C)(C)CC(C)(C)c1ccc(OC(=O)C(Cc2cc(C(C)(C)C)c(O)c(C(C)(C)C)c2)(Cc2cc(C(C)(C)C)c(O)c(C(C)(C)C)c2)C(=O)Oc2ccc(C(C)(C)CC(C)(C)C)cc2)cc1. The van der Waals surface area contributed by atoms with Crippen LogP contribution in [0.4, 0.5) is 0 Å². The largest absolute Gasteiger partial charge is 0.507 e. The summed E-state index contributed by atoms with van der Waals surface area (Å²) in [5.74, 6) is -0.481. The van der Waals surface area contributed by atoms with Crippen molar-refractivity contribution in [2.24, 2.45) is 16.2 Å². The Hall–Kier alpha value is -4.58. The van der Waals surface area contributed by atoms with Crippen molar-refractivity contribution < 1.29 is 29.3 Å². The first-order valence-corrected chi connectivity index (χ1v) is 24.5. The molecule has 0 unspecified atom stereocenters. The Kier molecular flexibility index (Phi) is 15.4. The number of ether oxygens (including phenoxy) is 2. The van der Waals surface area contributed by atoms with E-state index in [-0.39, 0.29) is 46.0 Å². The van der Waals surface area contributed by atoms with Crippen LogP contribution in [0, 0.1) is 16.2 Å². The number of carbonyl (C=O) groups excluding carboxylic acids is 2. The number of benzene rings is 4. The molecule has 4 rings (SSSR count). The zero-order chi connectivity index (χ0) is 51.3. The van der Waals surface area contributed by atoms with Crippen LogP contribution < -0.4 is 9.47 Å². The number of esters is 2. The molecule has 6 nitrogen and oxygen atoms in total. The summed E-state index contributed by atoms with van der Waals surface area (Å²) in [6.45, 7) is 46.9. The molecule has 368 valence electrons. The van der Waals surface area contributed by atoms with E-state index in [0.717, 1.165) is 24.0 Å². The fraction of sp³-hybridized carbons (Fsp3) is 0.574. The van der Waals surface area contributed by atoms with E-state index in [9.17, 15) is 10.2 Å². The van der Waals surface area contributed by atoms with E-state index < -0.39 is 39.0 Å². The second-order valence-electron chi connectivity index (χ2n) is 27.6. The van der Waals surface area contributed by atoms with Crippen LogP contribution in [-0.2, 0) is 54.9 Å². The normalized spacial score (nSPS) is 13.7. The zero-order valence-electron chi connectivity index (χ0n) is 45.8. The fourth-order valence-corrected chi connectivity index (χ4v) is 10.2. The van der Waals surface area contributed by atoms with Crippen LogP contribution >= 0.6 is 0 Å². The van der Waals surface area contributed by atoms with Crippen molar-refractivity contribution >= 4 is 11.9 Å². The lowest BCUT2D eigenvalue weighted by molar-refractivity contribution is -0.161. The molecule has 0 atom stereocenters. The second-order valence-corrected chi connectivity index (χ2v) is 27.6. The Bertz CT molecular complexity index is 2140. The van der Waals surface area contributed by atoms with E-state index in [1.165, 1.54) is 0 Å². The average Bonchev–Trinajstić information content (AvgIpc) is 3.12. The molecule has 67 heavy (non-hydrogen) atoms. The van der Waals surface area contributed by atoms with Gasteiger partial charge < -0.3 is 19.7 Å². The third-order valence-electron chi connectivity index (χ3n) is 13.0. The Labute approximate surface area is 406 Å². The predicted molar refractivity (Wildman–Crippen MR) is 279 cm³/mol. The topological polar surface area (TPSA) is 93.1 Å². The van der Waals surface area contributed by atoms with Gasteiger partial charge >= 0.3 is 11.9 Å². The van der Waals surface area contributed by atoms with Gasteiger partial charge in [0.15, 0.2) is 5.41 Å². The molecule has 0 aliphatic rings. The highest BCUT2D eigenvalue weighted by Gasteiger charge is 2.51. The van der Waals surface area contributed by atoms with E-state index in [0.29, 0.717) is 44.9 Å². The van der Waals surface area contributed by atoms with Crippen molar-refractivity contribution in [1.29, 1.82) is 0 Å². The van der Waals surface area contributed by atoms with Gasteiger partial charge in [0.05, 0.1) is 0 Å². The number of phenolic OH excluding ortho intramolecular Hbond substituents is 2. The molecule has 0 amide bonds. The summed E-state index contributed by atoms with van der Waals surface area (Å²) in [5.41, 5.74) is 2.48. The summed E-state index contributed by atoms with van der Waals surface area (Å²) in [5, 5.41) is 23.7. The maximum Gasteiger partial charge on any atom is 0.329 e. The molecule has 0 aliphatic heterocycles. The predicted octanol–water partition coefficient (Wildman–Crippen LogP) is 15.7. The number of phenols is 2. The summed E-state index contributed by atoms with van der Waals surface area (Å²) in [7, 11) is 0. The van der Waals surface area contributed by atoms with Gasteiger partial charge in [0.2, 0.25) is 0 Å². The highest BCUT2D eigenvalue weighted by molar-refractivity contribution is 6.02. The van der Waals surface area contributed by atoms with Gasteiger partial charge in [-0.05, 0) is 138 Å². The molecule has 0 saturated heterocycles. The average molecular weight is 917 g/mol. The van der Waals surface area contributed by atoms with Crippen molar-refractivity contribution in [1.82, 2.24) is 0 Å². The Morgan fingerprint density at radius 1 is 0.403 bits per heavy atom. The van der Waals surface area contributed by atoms with Crippen molar-refractivity contribution in [3.63, 3.8) is 0 Å². The quantitative estimate of drug-likeness (QED) is 0.0835. The van der Waals surface area contributed by atoms with Gasteiger partial charge in [-0.2, -0.15) is 0 Å². The van der Waals surface area contributed by atoms with Crippen LogP contribution in [0.5, 0.6) is 23.0 Å². The van der Waals surface area contributed by atoms with Crippen LogP contribution in [-0.4, -0.2) is 22.2 Å². The maximum absolute atomic E-state index is 15.7. The van der Waals surface area contributed by atoms with Crippen molar-refractivity contribution in [3.8, 4) is 23.0 Å². The number of hydrogen-bond acceptors (Lipinski definition) is 6. The Morgan fingerprint density at radius 2 is 0.642 bits per heavy atom. The standard InChI is InChI=1S/C61H88O6/c1-53(2,3)37-59(19,20)41-23-27-43(28-24-41)66-51(64)61(35-39-31-45(55(7,8)9)49(62)46(32-39)56(10,11)12,36-40-33-47(57(13,14)15)50(63)48(34-40)58(16,17)18)52(65)67-44-29-25-42(26-30-44)60(21,22)38-54(4,5)6/h23-34,62-63H,35-38H2,1-22H3. The smallest absolute Gasteiger partial charge is 0.329 e. The monoisotopic (exact) mass is 917 g/mol. The van der Waals surface area contributed by atoms with Gasteiger partial charge in [-0.15, -0.1) is 0 Å². The number of hydrogen-bond donors (Lipinski definition) is 2. The summed E-state index contributed by atoms with van der Waals surface area (Å²) in [6, 6.07) is 23.0. The van der Waals surface area contributed by atoms with Gasteiger partial charge in [-0.1, -0.05) is 201 Å². The van der Waals surface area contributed by atoms with Crippen LogP contribution in [0.1, 0.15) is 210 Å². The molecule has 0 radical (unpaired) electrons. The highest BCUT2D eigenvalue weighted by atomic mass is 16.6. The molecule has 0 spiro atoms. The molecule has 4 aromatic carbocycles. The second kappa shape index (κ2) is 18.7. The minimum Gasteiger partial charge on any atom is -0.507 e. The van der Waals surface area contributed by atoms with E-state index in [4.69, 9.17) is 9.47 Å². The maximum atomic E-state index is 15.7. The lowest BCUT2D eigenvalue weighted by atomic mass is 9.71. The number of rotatable bonds is 12. The van der Waals surface area contributed by atoms with Crippen molar-refractivity contribution in [2.75, 3.05) is 0 Å². The first-order valence-electron chi connectivity index (χ1n) is 24.5. The van der Waals surface area contributed by atoms with Gasteiger partial charge in [-0.3, -0.25) is 9.59 Å². The van der Waals surface area contributed by atoms with Gasteiger partial charge in [0.1, 0.15) is 23.0 Å². The third-order valence-corrected chi connectivity index (χ3v) is 13.0. The van der Waals surface area contributed by atoms with Crippen LogP contribution in [0.15, 0.2) is 72.8 Å². The lowest BCUT2D eigenvalue weighted by Gasteiger charge is -2.34. The summed E-state index contributed by atoms with van der Waals surface area (Å²) < 4.78 is 12.9. The van der Waals surface area contributed by atoms with Crippen LogP contribution in [0.2, 0.25) is 0 Å². The van der Waals surface area contributed by atoms with E-state index >= 15 is 9.59 Å². The summed E-state index contributed by atoms with van der Waals surface area (Å²) >= 11 is 0. The molecule has 4 aromatic rings. The Morgan fingerprint density at radius 3 is 0.851 bits per heavy atom. The molecule has 0 fully saturated rings. The molecule has 0 heterocycles. The molecular weight excluding hydrogens is 829 g/mol. The Balaban J connectivity index is 2.07. The molecule has 0 aliphatic carbocycles. The molecule has 0 bridgehead atoms. The van der Waals surface area contributed by atoms with E-state index in [1.807, 2.05) is 156 Å². The first kappa shape index (κ1) is 55.0. The van der Waals surface area contributed by atoms with E-state index in [2.05, 4.69) is 69.2 Å². The van der Waals surface area contributed by atoms with E-state index in [1.54, 1.807) is 0 Å². The highest BCUT2D eigenvalue weighted by Crippen LogP contribution is 2.46. The minimum absolute atomic E-state index is 0.0962. The van der Waals surface area contributed by atoms with Crippen LogP contribution in [0.25, 0.3) is 0 Å². The fourth-order valence-electron chi connectivity index (χ4n) is 10.2. The number of aromatic hydroxyl groups is 2.